The zero-order valence-corrected chi connectivity index (χ0v) is 13.7. The third kappa shape index (κ3) is 3.49. The van der Waals surface area contributed by atoms with Crippen LogP contribution >= 0.6 is 34.5 Å². The maximum atomic E-state index is 12.3. The van der Waals surface area contributed by atoms with Gasteiger partial charge in [0.05, 0.1) is 27.7 Å². The van der Waals surface area contributed by atoms with Crippen LogP contribution in [-0.2, 0) is 14.8 Å². The molecule has 0 saturated carbocycles. The Morgan fingerprint density at radius 3 is 2.57 bits per heavy atom. The van der Waals surface area contributed by atoms with Gasteiger partial charge < -0.3 is 4.74 Å². The molecule has 1 heterocycles. The molecule has 0 unspecified atom stereocenters. The van der Waals surface area contributed by atoms with Crippen LogP contribution in [0.5, 0.6) is 0 Å². The van der Waals surface area contributed by atoms with E-state index in [1.54, 1.807) is 5.38 Å². The predicted octanol–water partition coefficient (Wildman–Crippen LogP) is 3.64. The van der Waals surface area contributed by atoms with Crippen LogP contribution in [0.1, 0.15) is 9.67 Å². The van der Waals surface area contributed by atoms with Crippen LogP contribution in [-0.4, -0.2) is 21.5 Å². The molecule has 0 bridgehead atoms. The fraction of sp³-hybridized carbons (Fsp3) is 0.0833. The van der Waals surface area contributed by atoms with Crippen LogP contribution in [0.2, 0.25) is 10.0 Å². The SMILES string of the molecule is COC(=O)c1sccc1NS(=O)(=O)c1ccc(Cl)c(Cl)c1. The highest BCUT2D eigenvalue weighted by atomic mass is 35.5. The summed E-state index contributed by atoms with van der Waals surface area (Å²) in [6.45, 7) is 0. The molecule has 0 amide bonds. The number of hydrogen-bond acceptors (Lipinski definition) is 5. The Morgan fingerprint density at radius 1 is 1.24 bits per heavy atom. The van der Waals surface area contributed by atoms with Gasteiger partial charge in [-0.15, -0.1) is 11.3 Å². The second-order valence-corrected chi connectivity index (χ2v) is 7.25. The van der Waals surface area contributed by atoms with E-state index < -0.39 is 16.0 Å². The second kappa shape index (κ2) is 6.23. The van der Waals surface area contributed by atoms with Crippen LogP contribution in [0.4, 0.5) is 5.69 Å². The first-order chi connectivity index (χ1) is 9.85. The normalized spacial score (nSPS) is 11.2. The smallest absolute Gasteiger partial charge is 0.350 e. The summed E-state index contributed by atoms with van der Waals surface area (Å²) in [5.41, 5.74) is 0.151. The van der Waals surface area contributed by atoms with Crippen molar-refractivity contribution >= 4 is 56.2 Å². The zero-order valence-electron chi connectivity index (χ0n) is 10.6. The zero-order chi connectivity index (χ0) is 15.6. The lowest BCUT2D eigenvalue weighted by Crippen LogP contribution is -2.14. The molecule has 2 rings (SSSR count). The molecule has 0 spiro atoms. The monoisotopic (exact) mass is 365 g/mol. The van der Waals surface area contributed by atoms with E-state index in [-0.39, 0.29) is 25.5 Å². The van der Waals surface area contributed by atoms with Crippen LogP contribution < -0.4 is 4.72 Å². The summed E-state index contributed by atoms with van der Waals surface area (Å²) in [7, 11) is -2.66. The first-order valence-corrected chi connectivity index (χ1v) is 8.60. The van der Waals surface area contributed by atoms with Crippen molar-refractivity contribution in [2.45, 2.75) is 4.90 Å². The number of ether oxygens (including phenoxy) is 1. The van der Waals surface area contributed by atoms with Gasteiger partial charge in [0.25, 0.3) is 10.0 Å². The van der Waals surface area contributed by atoms with Gasteiger partial charge >= 0.3 is 5.97 Å². The molecule has 0 radical (unpaired) electrons. The van der Waals surface area contributed by atoms with Crippen molar-refractivity contribution in [3.8, 4) is 0 Å². The second-order valence-electron chi connectivity index (χ2n) is 3.84. The van der Waals surface area contributed by atoms with Gasteiger partial charge in [0.15, 0.2) is 0 Å². The predicted molar refractivity (Wildman–Crippen MR) is 82.9 cm³/mol. The molecule has 2 aromatic rings. The maximum Gasteiger partial charge on any atom is 0.350 e. The molecule has 1 aromatic carbocycles. The van der Waals surface area contributed by atoms with Crippen molar-refractivity contribution in [2.24, 2.45) is 0 Å². The Bertz CT molecular complexity index is 786. The first kappa shape index (κ1) is 16.1. The van der Waals surface area contributed by atoms with Gasteiger partial charge in [-0.05, 0) is 29.6 Å². The van der Waals surface area contributed by atoms with Crippen molar-refractivity contribution < 1.29 is 17.9 Å². The Balaban J connectivity index is 2.36. The standard InChI is InChI=1S/C12H9Cl2NO4S2/c1-19-12(16)11-10(4-5-20-11)15-21(17,18)7-2-3-8(13)9(14)6-7/h2-6,15H,1H3. The molecular formula is C12H9Cl2NO4S2. The van der Waals surface area contributed by atoms with Gasteiger partial charge in [-0.2, -0.15) is 0 Å². The summed E-state index contributed by atoms with van der Waals surface area (Å²) in [5, 5.41) is 1.96. The van der Waals surface area contributed by atoms with Crippen molar-refractivity contribution in [1.82, 2.24) is 0 Å². The number of methoxy groups -OCH3 is 1. The molecule has 1 aromatic heterocycles. The molecule has 9 heteroatoms. The number of thiophene rings is 1. The van der Waals surface area contributed by atoms with Gasteiger partial charge in [-0.3, -0.25) is 4.72 Å². The molecule has 5 nitrogen and oxygen atoms in total. The molecule has 0 aliphatic heterocycles. The van der Waals surface area contributed by atoms with E-state index in [0.29, 0.717) is 0 Å². The number of carbonyl (C=O) groups excluding carboxylic acids is 1. The fourth-order valence-corrected chi connectivity index (χ4v) is 3.78. The molecule has 112 valence electrons. The largest absolute Gasteiger partial charge is 0.465 e. The molecule has 0 saturated heterocycles. The minimum Gasteiger partial charge on any atom is -0.465 e. The molecule has 0 atom stereocenters. The molecule has 1 N–H and O–H groups in total. The Labute approximate surface area is 135 Å². The van der Waals surface area contributed by atoms with Crippen LogP contribution in [0.25, 0.3) is 0 Å². The number of esters is 1. The van der Waals surface area contributed by atoms with Crippen LogP contribution in [0.15, 0.2) is 34.5 Å². The lowest BCUT2D eigenvalue weighted by atomic mass is 10.4. The number of carbonyl (C=O) groups is 1. The molecule has 0 fully saturated rings. The minimum absolute atomic E-state index is 0.0566. The number of halogens is 2. The summed E-state index contributed by atoms with van der Waals surface area (Å²) in [6, 6.07) is 5.41. The van der Waals surface area contributed by atoms with E-state index in [4.69, 9.17) is 23.2 Å². The maximum absolute atomic E-state index is 12.3. The third-order valence-corrected chi connectivity index (χ3v) is 5.48. The van der Waals surface area contributed by atoms with Crippen LogP contribution in [0, 0.1) is 0 Å². The van der Waals surface area contributed by atoms with E-state index in [2.05, 4.69) is 9.46 Å². The Morgan fingerprint density at radius 2 is 1.95 bits per heavy atom. The highest BCUT2D eigenvalue weighted by molar-refractivity contribution is 7.92. The average molecular weight is 366 g/mol. The van der Waals surface area contributed by atoms with Gasteiger partial charge in [0, 0.05) is 0 Å². The summed E-state index contributed by atoms with van der Waals surface area (Å²) in [4.78, 5) is 11.6. The molecule has 0 aliphatic rings. The number of anilines is 1. The van der Waals surface area contributed by atoms with Gasteiger partial charge in [0.2, 0.25) is 0 Å². The van der Waals surface area contributed by atoms with E-state index in [1.807, 2.05) is 0 Å². The highest BCUT2D eigenvalue weighted by Gasteiger charge is 2.21. The summed E-state index contributed by atoms with van der Waals surface area (Å²) in [5.74, 6) is -0.614. The van der Waals surface area contributed by atoms with Crippen molar-refractivity contribution in [1.29, 1.82) is 0 Å². The minimum atomic E-state index is -3.88. The number of nitrogens with one attached hydrogen (secondary N) is 1. The number of sulfonamides is 1. The van der Waals surface area contributed by atoms with Gasteiger partial charge in [-0.25, -0.2) is 13.2 Å². The summed E-state index contributed by atoms with van der Waals surface area (Å²) in [6.07, 6.45) is 0. The third-order valence-electron chi connectivity index (χ3n) is 2.48. The summed E-state index contributed by atoms with van der Waals surface area (Å²) < 4.78 is 31.4. The molecule has 21 heavy (non-hydrogen) atoms. The van der Waals surface area contributed by atoms with Crippen molar-refractivity contribution in [3.05, 3.63) is 44.6 Å². The van der Waals surface area contributed by atoms with E-state index in [1.165, 1.54) is 31.4 Å². The number of rotatable bonds is 4. The number of benzene rings is 1. The summed E-state index contributed by atoms with van der Waals surface area (Å²) >= 11 is 12.6. The van der Waals surface area contributed by atoms with Crippen LogP contribution in [0.3, 0.4) is 0 Å². The number of hydrogen-bond donors (Lipinski definition) is 1. The topological polar surface area (TPSA) is 72.5 Å². The molecular weight excluding hydrogens is 357 g/mol. The van der Waals surface area contributed by atoms with E-state index >= 15 is 0 Å². The lowest BCUT2D eigenvalue weighted by molar-refractivity contribution is 0.0607. The average Bonchev–Trinajstić information content (AvgIpc) is 2.88. The highest BCUT2D eigenvalue weighted by Crippen LogP contribution is 2.28. The van der Waals surface area contributed by atoms with E-state index in [0.717, 1.165) is 11.3 Å². The van der Waals surface area contributed by atoms with Gasteiger partial charge in [0.1, 0.15) is 4.88 Å². The van der Waals surface area contributed by atoms with E-state index in [9.17, 15) is 13.2 Å². The quantitative estimate of drug-likeness (QED) is 0.839. The Kier molecular flexibility index (Phi) is 4.77. The Hall–Kier alpha value is -1.28. The molecule has 0 aliphatic carbocycles. The van der Waals surface area contributed by atoms with Gasteiger partial charge in [-0.1, -0.05) is 23.2 Å². The lowest BCUT2D eigenvalue weighted by Gasteiger charge is -2.09. The van der Waals surface area contributed by atoms with Crippen molar-refractivity contribution in [3.63, 3.8) is 0 Å². The fourth-order valence-electron chi connectivity index (χ4n) is 1.49. The first-order valence-electron chi connectivity index (χ1n) is 5.49. The van der Waals surface area contributed by atoms with Crippen molar-refractivity contribution in [2.75, 3.05) is 11.8 Å².